The van der Waals surface area contributed by atoms with Crippen LogP contribution in [0.1, 0.15) is 17.2 Å². The molecule has 2 aliphatic rings. The van der Waals surface area contributed by atoms with Gasteiger partial charge >= 0.3 is 0 Å². The van der Waals surface area contributed by atoms with E-state index in [-0.39, 0.29) is 22.8 Å². The number of ether oxygens (including phenoxy) is 2. The largest absolute Gasteiger partial charge is 0.507 e. The van der Waals surface area contributed by atoms with Crippen LogP contribution in [0, 0.1) is 0 Å². The molecule has 1 unspecified atom stereocenters. The molecule has 2 aliphatic heterocycles. The number of aliphatic hydroxyl groups is 1. The Morgan fingerprint density at radius 1 is 1.00 bits per heavy atom. The van der Waals surface area contributed by atoms with Gasteiger partial charge in [-0.05, 0) is 42.0 Å². The first-order chi connectivity index (χ1) is 15.6. The first kappa shape index (κ1) is 19.6. The summed E-state index contributed by atoms with van der Waals surface area (Å²) in [5, 5.41) is 21.6. The van der Waals surface area contributed by atoms with E-state index in [1.165, 1.54) is 23.2 Å². The lowest BCUT2D eigenvalue weighted by Crippen LogP contribution is -2.29. The number of rotatable bonds is 3. The molecule has 0 radical (unpaired) electrons. The molecule has 1 amide bonds. The maximum absolute atomic E-state index is 13.1. The zero-order chi connectivity index (χ0) is 22.2. The summed E-state index contributed by atoms with van der Waals surface area (Å²) in [4.78, 5) is 31.5. The summed E-state index contributed by atoms with van der Waals surface area (Å²) in [6.45, 7) is 0.787. The Hall–Kier alpha value is -4.33. The third kappa shape index (κ3) is 3.13. The van der Waals surface area contributed by atoms with E-state index in [4.69, 9.17) is 9.47 Å². The monoisotopic (exact) mass is 430 g/mol. The zero-order valence-corrected chi connectivity index (χ0v) is 16.8. The molecular weight excluding hydrogens is 412 g/mol. The van der Waals surface area contributed by atoms with Gasteiger partial charge in [-0.15, -0.1) is 0 Å². The molecule has 0 spiro atoms. The average molecular weight is 430 g/mol. The van der Waals surface area contributed by atoms with Crippen molar-refractivity contribution in [2.24, 2.45) is 0 Å². The molecule has 1 aromatic heterocycles. The number of carbonyl (C=O) groups is 2. The highest BCUT2D eigenvalue weighted by Crippen LogP contribution is 2.45. The second-order valence-corrected chi connectivity index (χ2v) is 7.30. The van der Waals surface area contributed by atoms with Crippen LogP contribution in [0.15, 0.2) is 72.6 Å². The summed E-state index contributed by atoms with van der Waals surface area (Å²) < 4.78 is 11.1. The van der Waals surface area contributed by atoms with Crippen molar-refractivity contribution < 1.29 is 29.3 Å². The number of ketones is 1. The lowest BCUT2D eigenvalue weighted by atomic mass is 9.96. The van der Waals surface area contributed by atoms with Gasteiger partial charge in [-0.1, -0.05) is 18.2 Å². The molecular formula is C24H18N2O6. The highest BCUT2D eigenvalue weighted by molar-refractivity contribution is 6.51. The molecule has 0 aliphatic carbocycles. The van der Waals surface area contributed by atoms with Crippen LogP contribution in [0.4, 0.5) is 5.69 Å². The Morgan fingerprint density at radius 3 is 2.53 bits per heavy atom. The number of aromatic nitrogens is 1. The Kier molecular flexibility index (Phi) is 4.74. The van der Waals surface area contributed by atoms with Gasteiger partial charge in [0.25, 0.3) is 11.7 Å². The second-order valence-electron chi connectivity index (χ2n) is 7.30. The van der Waals surface area contributed by atoms with E-state index in [9.17, 15) is 19.8 Å². The third-order valence-corrected chi connectivity index (χ3v) is 5.40. The van der Waals surface area contributed by atoms with Crippen molar-refractivity contribution in [1.82, 2.24) is 4.98 Å². The number of nitrogens with zero attached hydrogens (tertiary/aromatic N) is 2. The maximum Gasteiger partial charge on any atom is 0.300 e. The number of phenolic OH excluding ortho intramolecular Hbond substituents is 1. The summed E-state index contributed by atoms with van der Waals surface area (Å²) in [5.74, 6) is -1.27. The minimum absolute atomic E-state index is 0.108. The number of Topliss-reactive ketones (excluding diaryl/α,β-unsaturated/α-hetero) is 1. The molecule has 160 valence electrons. The predicted octanol–water partition coefficient (Wildman–Crippen LogP) is 3.18. The van der Waals surface area contributed by atoms with Crippen molar-refractivity contribution in [3.05, 3.63) is 83.7 Å². The van der Waals surface area contributed by atoms with Crippen LogP contribution in [0.25, 0.3) is 5.76 Å². The number of para-hydroxylation sites is 2. The highest BCUT2D eigenvalue weighted by atomic mass is 16.6. The fourth-order valence-corrected chi connectivity index (χ4v) is 3.95. The van der Waals surface area contributed by atoms with Crippen molar-refractivity contribution in [3.8, 4) is 17.2 Å². The standard InChI is InChI=1S/C24H18N2O6/c27-17-6-2-1-5-16(17)26-21(15-4-3-9-25-13-15)20(23(29)24(26)30)22(28)14-7-8-18-19(12-14)32-11-10-31-18/h1-9,12-13,21,27-28H,10-11H2/b22-20-. The van der Waals surface area contributed by atoms with E-state index in [1.807, 2.05) is 0 Å². The number of anilines is 1. The summed E-state index contributed by atoms with van der Waals surface area (Å²) >= 11 is 0. The number of aliphatic hydroxyl groups excluding tert-OH is 1. The fourth-order valence-electron chi connectivity index (χ4n) is 3.95. The SMILES string of the molecule is O=C1C(=O)N(c2ccccc2O)C(c2cccnc2)/C1=C(/O)c1ccc2c(c1)OCCO2. The fraction of sp³-hybridized carbons (Fsp3) is 0.125. The second kappa shape index (κ2) is 7.73. The number of fused-ring (bicyclic) bond motifs is 1. The van der Waals surface area contributed by atoms with Crippen LogP contribution in [0.3, 0.4) is 0 Å². The summed E-state index contributed by atoms with van der Waals surface area (Å²) in [6.07, 6.45) is 3.08. The van der Waals surface area contributed by atoms with Gasteiger partial charge in [0.05, 0.1) is 17.3 Å². The van der Waals surface area contributed by atoms with Crippen LogP contribution in [0.2, 0.25) is 0 Å². The quantitative estimate of drug-likeness (QED) is 0.373. The van der Waals surface area contributed by atoms with E-state index in [2.05, 4.69) is 4.98 Å². The van der Waals surface area contributed by atoms with Crippen LogP contribution in [0.5, 0.6) is 17.2 Å². The lowest BCUT2D eigenvalue weighted by molar-refractivity contribution is -0.132. The van der Waals surface area contributed by atoms with Gasteiger partial charge in [0.15, 0.2) is 11.5 Å². The number of carbonyl (C=O) groups excluding carboxylic acids is 2. The third-order valence-electron chi connectivity index (χ3n) is 5.40. The average Bonchev–Trinajstić information content (AvgIpc) is 3.09. The molecule has 1 atom stereocenters. The van der Waals surface area contributed by atoms with Gasteiger partial charge in [0, 0.05) is 18.0 Å². The number of aromatic hydroxyl groups is 1. The number of pyridine rings is 1. The number of amides is 1. The van der Waals surface area contributed by atoms with E-state index in [0.717, 1.165) is 0 Å². The number of benzene rings is 2. The predicted molar refractivity (Wildman–Crippen MR) is 115 cm³/mol. The highest BCUT2D eigenvalue weighted by Gasteiger charge is 2.47. The van der Waals surface area contributed by atoms with Gasteiger partial charge in [0.1, 0.15) is 24.7 Å². The molecule has 3 heterocycles. The molecule has 3 aromatic rings. The van der Waals surface area contributed by atoms with Crippen LogP contribution in [-0.4, -0.2) is 40.1 Å². The summed E-state index contributed by atoms with van der Waals surface area (Å²) in [6, 6.07) is 13.4. The van der Waals surface area contributed by atoms with Gasteiger partial charge in [-0.2, -0.15) is 0 Å². The summed E-state index contributed by atoms with van der Waals surface area (Å²) in [7, 11) is 0. The van der Waals surface area contributed by atoms with Gasteiger partial charge in [0.2, 0.25) is 0 Å². The lowest BCUT2D eigenvalue weighted by Gasteiger charge is -2.25. The Balaban J connectivity index is 1.70. The van der Waals surface area contributed by atoms with Crippen molar-refractivity contribution in [2.75, 3.05) is 18.1 Å². The number of hydrogen-bond donors (Lipinski definition) is 2. The first-order valence-electron chi connectivity index (χ1n) is 9.95. The van der Waals surface area contributed by atoms with E-state index in [1.54, 1.807) is 48.7 Å². The topological polar surface area (TPSA) is 109 Å². The molecule has 2 aromatic carbocycles. The number of phenols is 1. The van der Waals surface area contributed by atoms with E-state index < -0.39 is 17.7 Å². The summed E-state index contributed by atoms with van der Waals surface area (Å²) in [5.41, 5.74) is 0.861. The van der Waals surface area contributed by atoms with Crippen molar-refractivity contribution in [1.29, 1.82) is 0 Å². The molecule has 8 nitrogen and oxygen atoms in total. The van der Waals surface area contributed by atoms with Crippen molar-refractivity contribution >= 4 is 23.1 Å². The van der Waals surface area contributed by atoms with Gasteiger partial charge < -0.3 is 19.7 Å². The van der Waals surface area contributed by atoms with Crippen LogP contribution >= 0.6 is 0 Å². The van der Waals surface area contributed by atoms with Crippen molar-refractivity contribution in [3.63, 3.8) is 0 Å². The maximum atomic E-state index is 13.1. The van der Waals surface area contributed by atoms with Crippen LogP contribution in [-0.2, 0) is 9.59 Å². The molecule has 8 heteroatoms. The minimum Gasteiger partial charge on any atom is -0.507 e. The Labute approximate surface area is 183 Å². The smallest absolute Gasteiger partial charge is 0.300 e. The molecule has 0 bridgehead atoms. The van der Waals surface area contributed by atoms with E-state index in [0.29, 0.717) is 35.8 Å². The Morgan fingerprint density at radius 2 is 1.78 bits per heavy atom. The molecule has 5 rings (SSSR count). The van der Waals surface area contributed by atoms with E-state index >= 15 is 0 Å². The number of hydrogen-bond acceptors (Lipinski definition) is 7. The molecule has 2 N–H and O–H groups in total. The molecule has 1 fully saturated rings. The molecule has 0 saturated carbocycles. The minimum atomic E-state index is -0.981. The molecule has 1 saturated heterocycles. The van der Waals surface area contributed by atoms with Gasteiger partial charge in [-0.3, -0.25) is 19.5 Å². The first-order valence-corrected chi connectivity index (χ1v) is 9.95. The normalized spacial score (nSPS) is 19.2. The molecule has 32 heavy (non-hydrogen) atoms. The zero-order valence-electron chi connectivity index (χ0n) is 16.8. The Bertz CT molecular complexity index is 1250. The van der Waals surface area contributed by atoms with Crippen molar-refractivity contribution in [2.45, 2.75) is 6.04 Å². The van der Waals surface area contributed by atoms with Crippen LogP contribution < -0.4 is 14.4 Å². The van der Waals surface area contributed by atoms with Gasteiger partial charge in [-0.25, -0.2) is 0 Å².